The number of aromatic nitrogens is 4. The molecule has 1 N–H and O–H groups in total. The van der Waals surface area contributed by atoms with Crippen LogP contribution in [-0.2, 0) is 22.8 Å². The molecule has 59 heavy (non-hydrogen) atoms. The van der Waals surface area contributed by atoms with Gasteiger partial charge in [0.25, 0.3) is 5.91 Å². The van der Waals surface area contributed by atoms with Crippen LogP contribution in [0.15, 0.2) is 47.3 Å². The summed E-state index contributed by atoms with van der Waals surface area (Å²) in [5, 5.41) is 3.67. The normalized spacial score (nSPS) is 20.9. The number of hydrogen-bond acceptors (Lipinski definition) is 10. The lowest BCUT2D eigenvalue weighted by molar-refractivity contribution is -0.141. The average molecular weight is 836 g/mol. The fourth-order valence-electron chi connectivity index (χ4n) is 9.15. The average Bonchev–Trinajstić information content (AvgIpc) is 3.75. The number of ketones is 2. The summed E-state index contributed by atoms with van der Waals surface area (Å²) in [6, 6.07) is 9.26. The first-order valence-electron chi connectivity index (χ1n) is 19.9. The SMILES string of the molecule is COc1cc2nc(C3CCC(CN(C)C4CCN(c5ccc(F)c6c5n(C)c(=O)n6C5CCC(=O)CC5=O)CC4)CC3)sc2cc1NC(=O)c1cccc(C(F)(F)F)n1. The highest BCUT2D eigenvalue weighted by atomic mass is 32.1. The van der Waals surface area contributed by atoms with Crippen molar-refractivity contribution in [2.45, 2.75) is 82.0 Å². The molecular weight excluding hydrogens is 791 g/mol. The Morgan fingerprint density at radius 1 is 0.983 bits per heavy atom. The molecule has 17 heteroatoms. The van der Waals surface area contributed by atoms with Gasteiger partial charge in [-0.1, -0.05) is 6.07 Å². The zero-order chi connectivity index (χ0) is 41.7. The van der Waals surface area contributed by atoms with Gasteiger partial charge in [-0.2, -0.15) is 13.2 Å². The van der Waals surface area contributed by atoms with E-state index in [1.54, 1.807) is 36.6 Å². The third-order valence-electron chi connectivity index (χ3n) is 12.3. The number of hydrogen-bond donors (Lipinski definition) is 1. The molecule has 3 aliphatic rings. The number of rotatable bonds is 9. The molecule has 8 rings (SSSR count). The predicted molar refractivity (Wildman–Crippen MR) is 216 cm³/mol. The second-order valence-electron chi connectivity index (χ2n) is 16.0. The van der Waals surface area contributed by atoms with E-state index >= 15 is 4.39 Å². The van der Waals surface area contributed by atoms with Gasteiger partial charge in [0.15, 0.2) is 5.78 Å². The van der Waals surface area contributed by atoms with Crippen LogP contribution >= 0.6 is 11.3 Å². The molecule has 1 amide bonds. The van der Waals surface area contributed by atoms with E-state index < -0.39 is 35.3 Å². The molecule has 4 heterocycles. The molecule has 3 aromatic heterocycles. The predicted octanol–water partition coefficient (Wildman–Crippen LogP) is 7.50. The van der Waals surface area contributed by atoms with Crippen molar-refractivity contribution < 1.29 is 36.7 Å². The van der Waals surface area contributed by atoms with Crippen LogP contribution in [0.25, 0.3) is 21.3 Å². The van der Waals surface area contributed by atoms with E-state index in [-0.39, 0.29) is 48.0 Å². The minimum absolute atomic E-state index is 0.117. The van der Waals surface area contributed by atoms with Crippen molar-refractivity contribution in [1.29, 1.82) is 0 Å². The van der Waals surface area contributed by atoms with Gasteiger partial charge in [0.1, 0.15) is 34.3 Å². The number of anilines is 2. The van der Waals surface area contributed by atoms with E-state index in [1.807, 2.05) is 0 Å². The van der Waals surface area contributed by atoms with Gasteiger partial charge >= 0.3 is 11.9 Å². The highest BCUT2D eigenvalue weighted by molar-refractivity contribution is 7.18. The number of Topliss-reactive ketones (excluding diaryl/α,β-unsaturated/α-hetero) is 2. The molecular formula is C42H45F4N7O5S. The van der Waals surface area contributed by atoms with Crippen molar-refractivity contribution in [1.82, 2.24) is 24.0 Å². The number of halogens is 4. The van der Waals surface area contributed by atoms with E-state index in [0.29, 0.717) is 28.9 Å². The number of imidazole rings is 1. The first kappa shape index (κ1) is 40.6. The Balaban J connectivity index is 0.874. The van der Waals surface area contributed by atoms with Gasteiger partial charge in [-0.25, -0.2) is 19.2 Å². The van der Waals surface area contributed by atoms with E-state index in [9.17, 15) is 32.3 Å². The molecule has 0 radical (unpaired) electrons. The number of ether oxygens (including phenoxy) is 1. The highest BCUT2D eigenvalue weighted by Gasteiger charge is 2.35. The second-order valence-corrected chi connectivity index (χ2v) is 17.1. The number of pyridine rings is 1. The standard InChI is InChI=1S/C42H45F4N7O5S/c1-50(25-15-17-52(18-16-25)32-14-12-27(43)37-38(32)51(2)41(57)53(37)31-13-11-26(54)19-33(31)55)22-23-7-9-24(10-8-23)40-49-30-20-34(58-3)29(21-35(30)59-40)48-39(56)28-5-4-6-36(47-28)42(44,45)46/h4-6,12,14,20-21,23-25,31H,7-11,13,15-19,22H2,1-3H3,(H,48,56). The summed E-state index contributed by atoms with van der Waals surface area (Å²) >= 11 is 1.55. The summed E-state index contributed by atoms with van der Waals surface area (Å²) in [7, 11) is 5.24. The minimum atomic E-state index is -4.67. The molecule has 12 nitrogen and oxygen atoms in total. The number of alkyl halides is 3. The van der Waals surface area contributed by atoms with Crippen molar-refractivity contribution in [3.05, 3.63) is 75.2 Å². The summed E-state index contributed by atoms with van der Waals surface area (Å²) in [5.74, 6) is -0.698. The Kier molecular flexibility index (Phi) is 11.1. The van der Waals surface area contributed by atoms with Crippen molar-refractivity contribution in [3.63, 3.8) is 0 Å². The minimum Gasteiger partial charge on any atom is -0.494 e. The number of thiazole rings is 1. The Labute approximate surface area is 341 Å². The third-order valence-corrected chi connectivity index (χ3v) is 13.5. The van der Waals surface area contributed by atoms with E-state index in [4.69, 9.17) is 9.72 Å². The van der Waals surface area contributed by atoms with Gasteiger partial charge in [0.05, 0.1) is 51.7 Å². The van der Waals surface area contributed by atoms with Gasteiger partial charge in [0.2, 0.25) is 0 Å². The molecule has 1 saturated heterocycles. The van der Waals surface area contributed by atoms with Crippen LogP contribution in [-0.4, -0.2) is 81.3 Å². The fourth-order valence-corrected chi connectivity index (χ4v) is 10.3. The fraction of sp³-hybridized carbons (Fsp3) is 0.476. The second kappa shape index (κ2) is 16.1. The summed E-state index contributed by atoms with van der Waals surface area (Å²) in [5.41, 5.74) is 0.429. The first-order chi connectivity index (χ1) is 28.2. The van der Waals surface area contributed by atoms with Gasteiger partial charge in [-0.3, -0.25) is 23.5 Å². The first-order valence-corrected chi connectivity index (χ1v) is 20.7. The number of carbonyl (C=O) groups is 3. The maximum Gasteiger partial charge on any atom is 0.433 e. The van der Waals surface area contributed by atoms with Crippen molar-refractivity contribution in [2.24, 2.45) is 13.0 Å². The number of benzene rings is 2. The summed E-state index contributed by atoms with van der Waals surface area (Å²) in [6.45, 7) is 2.43. The number of fused-ring (bicyclic) bond motifs is 2. The maximum atomic E-state index is 15.4. The van der Waals surface area contributed by atoms with Gasteiger partial charge in [-0.05, 0) is 88.2 Å². The number of methoxy groups -OCH3 is 1. The van der Waals surface area contributed by atoms with Crippen LogP contribution < -0.4 is 20.6 Å². The Bertz CT molecular complexity index is 2500. The molecule has 1 atom stereocenters. The highest BCUT2D eigenvalue weighted by Crippen LogP contribution is 2.42. The summed E-state index contributed by atoms with van der Waals surface area (Å²) in [4.78, 5) is 64.2. The van der Waals surface area contributed by atoms with E-state index in [2.05, 4.69) is 27.1 Å². The zero-order valence-electron chi connectivity index (χ0n) is 33.0. The maximum absolute atomic E-state index is 15.4. The van der Waals surface area contributed by atoms with Crippen LogP contribution in [0.3, 0.4) is 0 Å². The van der Waals surface area contributed by atoms with Crippen LogP contribution in [0.2, 0.25) is 0 Å². The molecule has 1 aliphatic heterocycles. The Morgan fingerprint density at radius 2 is 1.73 bits per heavy atom. The van der Waals surface area contributed by atoms with Crippen LogP contribution in [0, 0.1) is 11.7 Å². The van der Waals surface area contributed by atoms with Crippen LogP contribution in [0.4, 0.5) is 28.9 Å². The quantitative estimate of drug-likeness (QED) is 0.119. The monoisotopic (exact) mass is 835 g/mol. The third kappa shape index (κ3) is 7.98. The van der Waals surface area contributed by atoms with Crippen LogP contribution in [0.5, 0.6) is 5.75 Å². The van der Waals surface area contributed by atoms with Crippen molar-refractivity contribution >= 4 is 61.4 Å². The number of nitrogens with one attached hydrogen (secondary N) is 1. The smallest absolute Gasteiger partial charge is 0.433 e. The van der Waals surface area contributed by atoms with Gasteiger partial charge in [-0.15, -0.1) is 11.3 Å². The topological polar surface area (TPSA) is 132 Å². The molecule has 2 aromatic carbocycles. The molecule has 5 aromatic rings. The lowest BCUT2D eigenvalue weighted by Crippen LogP contribution is -2.45. The van der Waals surface area contributed by atoms with Gasteiger partial charge in [0, 0.05) is 51.1 Å². The largest absolute Gasteiger partial charge is 0.494 e. The molecule has 0 bridgehead atoms. The molecule has 2 aliphatic carbocycles. The molecule has 3 fully saturated rings. The Morgan fingerprint density at radius 3 is 2.42 bits per heavy atom. The summed E-state index contributed by atoms with van der Waals surface area (Å²) < 4.78 is 64.0. The van der Waals surface area contributed by atoms with Gasteiger partial charge < -0.3 is 19.9 Å². The van der Waals surface area contributed by atoms with E-state index in [1.165, 1.54) is 28.4 Å². The van der Waals surface area contributed by atoms with E-state index in [0.717, 1.165) is 91.2 Å². The zero-order valence-corrected chi connectivity index (χ0v) is 33.8. The molecule has 0 spiro atoms. The van der Waals surface area contributed by atoms with Crippen molar-refractivity contribution in [2.75, 3.05) is 44.0 Å². The molecule has 2 saturated carbocycles. The number of carbonyl (C=O) groups excluding carboxylic acids is 3. The number of amides is 1. The lowest BCUT2D eigenvalue weighted by Gasteiger charge is -2.40. The number of piperidine rings is 1. The summed E-state index contributed by atoms with van der Waals surface area (Å²) in [6.07, 6.45) is 1.34. The molecule has 1 unspecified atom stereocenters. The Hall–Kier alpha value is -5.16. The van der Waals surface area contributed by atoms with Crippen molar-refractivity contribution in [3.8, 4) is 5.75 Å². The number of nitrogens with zero attached hydrogens (tertiary/aromatic N) is 6. The number of aryl methyl sites for hydroxylation is 1. The van der Waals surface area contributed by atoms with Crippen LogP contribution in [0.1, 0.15) is 90.9 Å². The molecule has 312 valence electrons. The lowest BCUT2D eigenvalue weighted by atomic mass is 9.82.